The lowest BCUT2D eigenvalue weighted by atomic mass is 10.1. The van der Waals surface area contributed by atoms with Crippen molar-refractivity contribution in [2.45, 2.75) is 12.5 Å². The molecule has 3 amide bonds. The van der Waals surface area contributed by atoms with Gasteiger partial charge in [0.05, 0.1) is 7.11 Å². The molecule has 3 aromatic carbocycles. The van der Waals surface area contributed by atoms with E-state index in [4.69, 9.17) is 16.3 Å². The lowest BCUT2D eigenvalue weighted by molar-refractivity contribution is -0.117. The Balaban J connectivity index is 1.47. The van der Waals surface area contributed by atoms with Crippen LogP contribution in [0.3, 0.4) is 0 Å². The van der Waals surface area contributed by atoms with Crippen LogP contribution in [0.4, 0.5) is 15.6 Å². The largest absolute Gasteiger partial charge is 0.497 e. The lowest BCUT2D eigenvalue weighted by Gasteiger charge is -2.18. The maximum atomic E-state index is 13.1. The molecule has 1 heterocycles. The van der Waals surface area contributed by atoms with Gasteiger partial charge in [-0.05, 0) is 29.8 Å². The van der Waals surface area contributed by atoms with Gasteiger partial charge in [0.2, 0.25) is 11.0 Å². The number of aromatic nitrogens is 2. The summed E-state index contributed by atoms with van der Waals surface area (Å²) in [4.78, 5) is 25.9. The molecule has 3 N–H and O–H groups in total. The molecule has 8 nitrogen and oxygen atoms in total. The molecule has 0 aliphatic carbocycles. The van der Waals surface area contributed by atoms with Crippen LogP contribution in [0.25, 0.3) is 10.6 Å². The topological polar surface area (TPSA) is 105 Å². The van der Waals surface area contributed by atoms with Crippen LogP contribution in [-0.2, 0) is 11.2 Å². The molecule has 1 aromatic heterocycles. The maximum absolute atomic E-state index is 13.1. The molecule has 0 fully saturated rings. The highest BCUT2D eigenvalue weighted by Gasteiger charge is 2.23. The molecule has 178 valence electrons. The molecule has 4 aromatic rings. The van der Waals surface area contributed by atoms with Gasteiger partial charge in [-0.25, -0.2) is 4.79 Å². The Morgan fingerprint density at radius 2 is 1.74 bits per heavy atom. The zero-order valence-electron chi connectivity index (χ0n) is 18.7. The Hall–Kier alpha value is -3.95. The van der Waals surface area contributed by atoms with Crippen molar-refractivity contribution < 1.29 is 14.3 Å². The standard InChI is InChI=1S/C25H22ClN5O3S/c1-34-20-9-5-8-19(15-20)27-24(33)28-21(14-16-6-3-2-4-7-16)22(32)29-25-31-30-23(35-25)17-10-12-18(26)13-11-17/h2-13,15,21H,14H2,1H3,(H2,27,28,33)(H,29,31,32)/t21-/m0/s1. The van der Waals surface area contributed by atoms with Gasteiger partial charge in [0, 0.05) is 28.8 Å². The molecule has 1 atom stereocenters. The van der Waals surface area contributed by atoms with Crippen molar-refractivity contribution >= 4 is 45.7 Å². The Morgan fingerprint density at radius 1 is 0.971 bits per heavy atom. The van der Waals surface area contributed by atoms with Crippen molar-refractivity contribution in [3.63, 3.8) is 0 Å². The van der Waals surface area contributed by atoms with Gasteiger partial charge in [0.15, 0.2) is 0 Å². The molecule has 0 aliphatic rings. The Labute approximate surface area is 211 Å². The summed E-state index contributed by atoms with van der Waals surface area (Å²) in [7, 11) is 1.55. The van der Waals surface area contributed by atoms with Crippen molar-refractivity contribution in [3.05, 3.63) is 89.4 Å². The van der Waals surface area contributed by atoms with Crippen molar-refractivity contribution in [1.82, 2.24) is 15.5 Å². The van der Waals surface area contributed by atoms with E-state index in [-0.39, 0.29) is 0 Å². The third-order valence-electron chi connectivity index (χ3n) is 4.98. The number of benzene rings is 3. The van der Waals surface area contributed by atoms with Crippen molar-refractivity contribution in [2.75, 3.05) is 17.7 Å². The fraction of sp³-hybridized carbons (Fsp3) is 0.120. The van der Waals surface area contributed by atoms with Gasteiger partial charge in [0.25, 0.3) is 0 Å². The molecule has 0 saturated carbocycles. The van der Waals surface area contributed by atoms with E-state index in [2.05, 4.69) is 26.1 Å². The monoisotopic (exact) mass is 507 g/mol. The van der Waals surface area contributed by atoms with Crippen LogP contribution in [0.1, 0.15) is 5.56 Å². The highest BCUT2D eigenvalue weighted by molar-refractivity contribution is 7.18. The second-order valence-electron chi connectivity index (χ2n) is 7.48. The van der Waals surface area contributed by atoms with Gasteiger partial charge in [-0.3, -0.25) is 10.1 Å². The van der Waals surface area contributed by atoms with E-state index in [1.807, 2.05) is 42.5 Å². The van der Waals surface area contributed by atoms with Crippen LogP contribution >= 0.6 is 22.9 Å². The average Bonchev–Trinajstić information content (AvgIpc) is 3.33. The zero-order chi connectivity index (χ0) is 24.6. The van der Waals surface area contributed by atoms with E-state index in [1.54, 1.807) is 43.5 Å². The SMILES string of the molecule is COc1cccc(NC(=O)N[C@@H](Cc2ccccc2)C(=O)Nc2nnc(-c3ccc(Cl)cc3)s2)c1. The number of anilines is 2. The fourth-order valence-electron chi connectivity index (χ4n) is 3.26. The predicted octanol–water partition coefficient (Wildman–Crippen LogP) is 5.24. The van der Waals surface area contributed by atoms with Crippen LogP contribution in [0.5, 0.6) is 5.75 Å². The van der Waals surface area contributed by atoms with Gasteiger partial charge in [-0.15, -0.1) is 10.2 Å². The Kier molecular flexibility index (Phi) is 7.92. The summed E-state index contributed by atoms with van der Waals surface area (Å²) in [5.41, 5.74) is 2.27. The first-order chi connectivity index (χ1) is 17.0. The second-order valence-corrected chi connectivity index (χ2v) is 8.90. The highest BCUT2D eigenvalue weighted by Crippen LogP contribution is 2.27. The molecular formula is C25H22ClN5O3S. The average molecular weight is 508 g/mol. The summed E-state index contributed by atoms with van der Waals surface area (Å²) >= 11 is 7.18. The number of carbonyl (C=O) groups excluding carboxylic acids is 2. The molecule has 10 heteroatoms. The van der Waals surface area contributed by atoms with Gasteiger partial charge in [0.1, 0.15) is 16.8 Å². The predicted molar refractivity (Wildman–Crippen MR) is 138 cm³/mol. The number of hydrogen-bond donors (Lipinski definition) is 3. The van der Waals surface area contributed by atoms with Gasteiger partial charge in [-0.1, -0.05) is 71.5 Å². The molecule has 35 heavy (non-hydrogen) atoms. The number of carbonyl (C=O) groups is 2. The molecular weight excluding hydrogens is 486 g/mol. The number of urea groups is 1. The van der Waals surface area contributed by atoms with Crippen LogP contribution in [0.2, 0.25) is 5.02 Å². The van der Waals surface area contributed by atoms with Gasteiger partial charge < -0.3 is 15.4 Å². The normalized spacial score (nSPS) is 11.4. The number of nitrogens with zero attached hydrogens (tertiary/aromatic N) is 2. The highest BCUT2D eigenvalue weighted by atomic mass is 35.5. The number of nitrogens with one attached hydrogen (secondary N) is 3. The summed E-state index contributed by atoms with van der Waals surface area (Å²) < 4.78 is 5.19. The van der Waals surface area contributed by atoms with Crippen LogP contribution in [0.15, 0.2) is 78.9 Å². The lowest BCUT2D eigenvalue weighted by Crippen LogP contribution is -2.46. The number of amides is 3. The van der Waals surface area contributed by atoms with Crippen molar-refractivity contribution in [3.8, 4) is 16.3 Å². The smallest absolute Gasteiger partial charge is 0.319 e. The third kappa shape index (κ3) is 6.78. The van der Waals surface area contributed by atoms with E-state index in [1.165, 1.54) is 11.3 Å². The van der Waals surface area contributed by atoms with Gasteiger partial charge in [-0.2, -0.15) is 0 Å². The Bertz CT molecular complexity index is 1300. The minimum atomic E-state index is -0.856. The van der Waals surface area contributed by atoms with Crippen LogP contribution < -0.4 is 20.7 Å². The maximum Gasteiger partial charge on any atom is 0.319 e. The molecule has 0 aliphatic heterocycles. The first kappa shape index (κ1) is 24.2. The first-order valence-corrected chi connectivity index (χ1v) is 11.9. The minimum absolute atomic E-state index is 0.293. The van der Waals surface area contributed by atoms with Crippen molar-refractivity contribution in [1.29, 1.82) is 0 Å². The third-order valence-corrected chi connectivity index (χ3v) is 6.12. The van der Waals surface area contributed by atoms with Crippen LogP contribution in [-0.4, -0.2) is 35.3 Å². The molecule has 0 radical (unpaired) electrons. The van der Waals surface area contributed by atoms with Gasteiger partial charge >= 0.3 is 6.03 Å². The number of halogens is 1. The summed E-state index contributed by atoms with van der Waals surface area (Å²) in [5, 5.41) is 18.1. The molecule has 4 rings (SSSR count). The molecule has 0 bridgehead atoms. The van der Waals surface area contributed by atoms with E-state index in [9.17, 15) is 9.59 Å². The number of rotatable bonds is 8. The summed E-state index contributed by atoms with van der Waals surface area (Å²) in [5.74, 6) is 0.197. The molecule has 0 saturated heterocycles. The zero-order valence-corrected chi connectivity index (χ0v) is 20.3. The van der Waals surface area contributed by atoms with E-state index >= 15 is 0 Å². The molecule has 0 spiro atoms. The van der Waals surface area contributed by atoms with E-state index < -0.39 is 18.0 Å². The van der Waals surface area contributed by atoms with E-state index in [0.29, 0.717) is 33.0 Å². The van der Waals surface area contributed by atoms with Crippen LogP contribution in [0, 0.1) is 0 Å². The first-order valence-electron chi connectivity index (χ1n) is 10.7. The van der Waals surface area contributed by atoms with E-state index in [0.717, 1.165) is 11.1 Å². The van der Waals surface area contributed by atoms with Crippen molar-refractivity contribution in [2.24, 2.45) is 0 Å². The summed E-state index contributed by atoms with van der Waals surface area (Å²) in [6, 6.07) is 22.2. The number of hydrogen-bond acceptors (Lipinski definition) is 6. The summed E-state index contributed by atoms with van der Waals surface area (Å²) in [6.07, 6.45) is 0.293. The summed E-state index contributed by atoms with van der Waals surface area (Å²) in [6.45, 7) is 0. The molecule has 0 unspecified atom stereocenters. The minimum Gasteiger partial charge on any atom is -0.497 e. The second kappa shape index (κ2) is 11.5. The Morgan fingerprint density at radius 3 is 2.49 bits per heavy atom. The number of methoxy groups -OCH3 is 1. The fourth-order valence-corrected chi connectivity index (χ4v) is 4.14. The quantitative estimate of drug-likeness (QED) is 0.302. The number of ether oxygens (including phenoxy) is 1.